The van der Waals surface area contributed by atoms with E-state index in [4.69, 9.17) is 14.2 Å². The molecule has 3 rings (SSSR count). The molecule has 0 aromatic heterocycles. The van der Waals surface area contributed by atoms with Gasteiger partial charge in [0.25, 0.3) is 0 Å². The second-order valence-electron chi connectivity index (χ2n) is 6.19. The fourth-order valence-corrected chi connectivity index (χ4v) is 3.50. The number of fused-ring (bicyclic) bond motifs is 1. The Hall–Kier alpha value is -1.26. The normalized spacial score (nSPS) is 32.1. The van der Waals surface area contributed by atoms with Crippen molar-refractivity contribution in [2.24, 2.45) is 0 Å². The van der Waals surface area contributed by atoms with Gasteiger partial charge in [-0.25, -0.2) is 0 Å². The molecule has 2 aliphatic heterocycles. The summed E-state index contributed by atoms with van der Waals surface area (Å²) < 4.78 is 16.9. The Morgan fingerprint density at radius 3 is 2.67 bits per heavy atom. The van der Waals surface area contributed by atoms with E-state index in [1.165, 1.54) is 5.56 Å². The highest BCUT2D eigenvalue weighted by Gasteiger charge is 2.29. The summed E-state index contributed by atoms with van der Waals surface area (Å²) in [5.74, 6) is 1.80. The van der Waals surface area contributed by atoms with Crippen LogP contribution >= 0.6 is 0 Å². The molecule has 1 fully saturated rings. The van der Waals surface area contributed by atoms with Crippen LogP contribution in [0.25, 0.3) is 0 Å². The molecule has 1 N–H and O–H groups in total. The number of nitrogens with one attached hydrogen (secondary N) is 1. The van der Waals surface area contributed by atoms with Gasteiger partial charge in [-0.2, -0.15) is 0 Å². The van der Waals surface area contributed by atoms with E-state index >= 15 is 0 Å². The molecule has 0 bridgehead atoms. The predicted molar refractivity (Wildman–Crippen MR) is 82.0 cm³/mol. The van der Waals surface area contributed by atoms with Crippen molar-refractivity contribution in [1.82, 2.24) is 5.32 Å². The zero-order valence-electron chi connectivity index (χ0n) is 13.1. The lowest BCUT2D eigenvalue weighted by molar-refractivity contribution is -0.0441. The summed E-state index contributed by atoms with van der Waals surface area (Å²) in [4.78, 5) is 0. The van der Waals surface area contributed by atoms with Gasteiger partial charge in [-0.3, -0.25) is 0 Å². The number of benzene rings is 1. The molecule has 0 spiro atoms. The molecule has 1 saturated heterocycles. The zero-order valence-corrected chi connectivity index (χ0v) is 13.1. The van der Waals surface area contributed by atoms with E-state index in [2.05, 4.69) is 25.2 Å². The lowest BCUT2D eigenvalue weighted by atomic mass is 9.95. The minimum atomic E-state index is 0.335. The highest BCUT2D eigenvalue weighted by Crippen LogP contribution is 2.36. The van der Waals surface area contributed by atoms with E-state index in [0.29, 0.717) is 24.3 Å². The summed E-state index contributed by atoms with van der Waals surface area (Å²) >= 11 is 0. The van der Waals surface area contributed by atoms with Crippen LogP contribution in [0.4, 0.5) is 0 Å². The Morgan fingerprint density at radius 2 is 1.95 bits per heavy atom. The van der Waals surface area contributed by atoms with Gasteiger partial charge in [0.2, 0.25) is 0 Å². The summed E-state index contributed by atoms with van der Waals surface area (Å²) in [7, 11) is 1.69. The molecule has 4 heteroatoms. The minimum Gasteiger partial charge on any atom is -0.497 e. The van der Waals surface area contributed by atoms with E-state index < -0.39 is 0 Å². The second-order valence-corrected chi connectivity index (χ2v) is 6.19. The molecule has 116 valence electrons. The maximum Gasteiger partial charge on any atom is 0.127 e. The molecule has 3 unspecified atom stereocenters. The van der Waals surface area contributed by atoms with Gasteiger partial charge in [-0.05, 0) is 32.8 Å². The fourth-order valence-electron chi connectivity index (χ4n) is 3.50. The first-order valence-corrected chi connectivity index (χ1v) is 7.88. The standard InChI is InChI=1S/C17H25NO3/c1-11-8-13(9-12(2)21-11)18-16-6-7-20-17-10-14(19-3)4-5-15(16)17/h4-5,10-13,16,18H,6-9H2,1-3H3. The molecule has 0 radical (unpaired) electrons. The zero-order chi connectivity index (χ0) is 14.8. The molecule has 2 heterocycles. The van der Waals surface area contributed by atoms with Crippen LogP contribution in [0, 0.1) is 0 Å². The lowest BCUT2D eigenvalue weighted by Crippen LogP contribution is -2.43. The molecular weight excluding hydrogens is 266 g/mol. The Morgan fingerprint density at radius 1 is 1.19 bits per heavy atom. The smallest absolute Gasteiger partial charge is 0.127 e. The predicted octanol–water partition coefficient (Wildman–Crippen LogP) is 3.06. The number of ether oxygens (including phenoxy) is 3. The quantitative estimate of drug-likeness (QED) is 0.929. The molecule has 1 aromatic rings. The van der Waals surface area contributed by atoms with Gasteiger partial charge in [0.05, 0.1) is 25.9 Å². The average molecular weight is 291 g/mol. The number of rotatable bonds is 3. The van der Waals surface area contributed by atoms with Gasteiger partial charge >= 0.3 is 0 Å². The molecular formula is C17H25NO3. The molecule has 4 nitrogen and oxygen atoms in total. The molecule has 3 atom stereocenters. The summed E-state index contributed by atoms with van der Waals surface area (Å²) in [6.45, 7) is 5.08. The van der Waals surface area contributed by atoms with E-state index in [-0.39, 0.29) is 0 Å². The van der Waals surface area contributed by atoms with Crippen molar-refractivity contribution in [1.29, 1.82) is 0 Å². The van der Waals surface area contributed by atoms with Crippen molar-refractivity contribution in [2.45, 2.75) is 57.4 Å². The van der Waals surface area contributed by atoms with Gasteiger partial charge in [-0.1, -0.05) is 6.07 Å². The first kappa shape index (κ1) is 14.7. The minimum absolute atomic E-state index is 0.335. The van der Waals surface area contributed by atoms with E-state index in [0.717, 1.165) is 37.4 Å². The van der Waals surface area contributed by atoms with Crippen molar-refractivity contribution in [3.8, 4) is 11.5 Å². The van der Waals surface area contributed by atoms with Gasteiger partial charge in [0, 0.05) is 30.1 Å². The van der Waals surface area contributed by atoms with Crippen LogP contribution in [-0.4, -0.2) is 32.0 Å². The van der Waals surface area contributed by atoms with Crippen molar-refractivity contribution in [2.75, 3.05) is 13.7 Å². The number of hydrogen-bond acceptors (Lipinski definition) is 4. The first-order chi connectivity index (χ1) is 10.2. The Kier molecular flexibility index (Phi) is 4.36. The summed E-state index contributed by atoms with van der Waals surface area (Å²) in [6.07, 6.45) is 3.84. The van der Waals surface area contributed by atoms with Gasteiger partial charge < -0.3 is 19.5 Å². The third-order valence-corrected chi connectivity index (χ3v) is 4.39. The van der Waals surface area contributed by atoms with Gasteiger partial charge in [0.1, 0.15) is 11.5 Å². The Balaban J connectivity index is 1.73. The maximum absolute atomic E-state index is 5.82. The molecule has 1 aromatic carbocycles. The van der Waals surface area contributed by atoms with Gasteiger partial charge in [-0.15, -0.1) is 0 Å². The van der Waals surface area contributed by atoms with E-state index in [1.807, 2.05) is 12.1 Å². The Bertz CT molecular complexity index is 481. The molecule has 0 aliphatic carbocycles. The third kappa shape index (κ3) is 3.33. The lowest BCUT2D eigenvalue weighted by Gasteiger charge is -2.36. The third-order valence-electron chi connectivity index (χ3n) is 4.39. The van der Waals surface area contributed by atoms with Crippen LogP contribution in [0.3, 0.4) is 0 Å². The maximum atomic E-state index is 5.82. The summed E-state index contributed by atoms with van der Waals surface area (Å²) in [5, 5.41) is 3.81. The summed E-state index contributed by atoms with van der Waals surface area (Å²) in [6, 6.07) is 7.00. The van der Waals surface area contributed by atoms with Crippen LogP contribution in [-0.2, 0) is 4.74 Å². The number of hydrogen-bond donors (Lipinski definition) is 1. The molecule has 2 aliphatic rings. The van der Waals surface area contributed by atoms with Crippen molar-refractivity contribution in [3.05, 3.63) is 23.8 Å². The van der Waals surface area contributed by atoms with Crippen LogP contribution in [0.1, 0.15) is 44.7 Å². The van der Waals surface area contributed by atoms with Crippen LogP contribution in [0.15, 0.2) is 18.2 Å². The SMILES string of the molecule is COc1ccc2c(c1)OCCC2NC1CC(C)OC(C)C1. The molecule has 0 amide bonds. The first-order valence-electron chi connectivity index (χ1n) is 7.88. The topological polar surface area (TPSA) is 39.7 Å². The molecule has 21 heavy (non-hydrogen) atoms. The van der Waals surface area contributed by atoms with Crippen LogP contribution in [0.5, 0.6) is 11.5 Å². The largest absolute Gasteiger partial charge is 0.497 e. The highest BCUT2D eigenvalue weighted by atomic mass is 16.5. The monoisotopic (exact) mass is 291 g/mol. The fraction of sp³-hybridized carbons (Fsp3) is 0.647. The van der Waals surface area contributed by atoms with Crippen LogP contribution < -0.4 is 14.8 Å². The number of methoxy groups -OCH3 is 1. The second kappa shape index (κ2) is 6.24. The van der Waals surface area contributed by atoms with Crippen molar-refractivity contribution in [3.63, 3.8) is 0 Å². The van der Waals surface area contributed by atoms with Crippen molar-refractivity contribution >= 4 is 0 Å². The highest BCUT2D eigenvalue weighted by molar-refractivity contribution is 5.43. The molecule has 0 saturated carbocycles. The van der Waals surface area contributed by atoms with Crippen molar-refractivity contribution < 1.29 is 14.2 Å². The summed E-state index contributed by atoms with van der Waals surface area (Å²) in [5.41, 5.74) is 1.24. The van der Waals surface area contributed by atoms with E-state index in [1.54, 1.807) is 7.11 Å². The van der Waals surface area contributed by atoms with E-state index in [9.17, 15) is 0 Å². The average Bonchev–Trinajstić information content (AvgIpc) is 2.46. The Labute approximate surface area is 126 Å². The van der Waals surface area contributed by atoms with Gasteiger partial charge in [0.15, 0.2) is 0 Å². The van der Waals surface area contributed by atoms with Crippen LogP contribution in [0.2, 0.25) is 0 Å².